The van der Waals surface area contributed by atoms with Crippen LogP contribution in [0.25, 0.3) is 0 Å². The van der Waals surface area contributed by atoms with Crippen molar-refractivity contribution in [1.82, 2.24) is 4.90 Å². The molecule has 1 aliphatic rings. The molecule has 33 heavy (non-hydrogen) atoms. The van der Waals surface area contributed by atoms with Crippen molar-refractivity contribution in [3.63, 3.8) is 0 Å². The van der Waals surface area contributed by atoms with Gasteiger partial charge in [0.25, 0.3) is 0 Å². The van der Waals surface area contributed by atoms with Crippen LogP contribution in [0.15, 0.2) is 42.5 Å². The highest BCUT2D eigenvalue weighted by atomic mass is 16.6. The predicted octanol–water partition coefficient (Wildman–Crippen LogP) is 5.09. The lowest BCUT2D eigenvalue weighted by Gasteiger charge is -2.27. The molecule has 2 aromatic carbocycles. The van der Waals surface area contributed by atoms with E-state index >= 15 is 0 Å². The number of anilines is 3. The zero-order valence-corrected chi connectivity index (χ0v) is 20.1. The van der Waals surface area contributed by atoms with Crippen LogP contribution >= 0.6 is 0 Å². The number of ether oxygens (including phenoxy) is 2. The second-order valence-corrected chi connectivity index (χ2v) is 9.14. The van der Waals surface area contributed by atoms with Crippen LogP contribution in [0.5, 0.6) is 5.75 Å². The van der Waals surface area contributed by atoms with Gasteiger partial charge in [-0.05, 0) is 76.1 Å². The number of hydrogen-bond donors (Lipinski definition) is 2. The summed E-state index contributed by atoms with van der Waals surface area (Å²) in [6.45, 7) is 10.4. The number of carbonyl (C=O) groups excluding carboxylic acids is 2. The second kappa shape index (κ2) is 10.5. The van der Waals surface area contributed by atoms with E-state index < -0.39 is 5.60 Å². The van der Waals surface area contributed by atoms with Crippen LogP contribution in [0.1, 0.15) is 32.8 Å². The SMILES string of the molecule is COc1ccc(C)cc1NC(=O)Nc1ccc(N2CCCN(C(=O)OC(C)(C)C)CC2)cc1. The molecule has 1 heterocycles. The fourth-order valence-corrected chi connectivity index (χ4v) is 3.64. The van der Waals surface area contributed by atoms with E-state index in [4.69, 9.17) is 9.47 Å². The Hall–Kier alpha value is -3.42. The Morgan fingerprint density at radius 3 is 2.33 bits per heavy atom. The summed E-state index contributed by atoms with van der Waals surface area (Å²) in [6, 6.07) is 13.0. The summed E-state index contributed by atoms with van der Waals surface area (Å²) in [6.07, 6.45) is 0.597. The lowest BCUT2D eigenvalue weighted by Crippen LogP contribution is -2.39. The van der Waals surface area contributed by atoms with Crippen molar-refractivity contribution in [2.24, 2.45) is 0 Å². The Morgan fingerprint density at radius 2 is 1.67 bits per heavy atom. The van der Waals surface area contributed by atoms with Gasteiger partial charge in [0.05, 0.1) is 12.8 Å². The minimum Gasteiger partial charge on any atom is -0.495 e. The van der Waals surface area contributed by atoms with Crippen LogP contribution in [-0.4, -0.2) is 55.9 Å². The Balaban J connectivity index is 1.56. The zero-order chi connectivity index (χ0) is 24.0. The maximum absolute atomic E-state index is 12.5. The number of hydrogen-bond acceptors (Lipinski definition) is 5. The first-order valence-electron chi connectivity index (χ1n) is 11.2. The first-order valence-corrected chi connectivity index (χ1v) is 11.2. The molecule has 0 radical (unpaired) electrons. The van der Waals surface area contributed by atoms with E-state index in [0.29, 0.717) is 30.2 Å². The number of urea groups is 1. The lowest BCUT2D eigenvalue weighted by molar-refractivity contribution is 0.0263. The molecule has 178 valence electrons. The quantitative estimate of drug-likeness (QED) is 0.672. The summed E-state index contributed by atoms with van der Waals surface area (Å²) in [4.78, 5) is 28.8. The van der Waals surface area contributed by atoms with Gasteiger partial charge in [-0.15, -0.1) is 0 Å². The summed E-state index contributed by atoms with van der Waals surface area (Å²) < 4.78 is 10.8. The first kappa shape index (κ1) is 24.2. The van der Waals surface area contributed by atoms with Gasteiger partial charge in [-0.3, -0.25) is 0 Å². The van der Waals surface area contributed by atoms with E-state index in [9.17, 15) is 9.59 Å². The average Bonchev–Trinajstić information content (AvgIpc) is 3.00. The van der Waals surface area contributed by atoms with Gasteiger partial charge >= 0.3 is 12.1 Å². The van der Waals surface area contributed by atoms with Crippen LogP contribution in [0.4, 0.5) is 26.7 Å². The van der Waals surface area contributed by atoms with Crippen molar-refractivity contribution in [3.05, 3.63) is 48.0 Å². The predicted molar refractivity (Wildman–Crippen MR) is 131 cm³/mol. The number of nitrogens with zero attached hydrogens (tertiary/aromatic N) is 2. The molecule has 3 amide bonds. The van der Waals surface area contributed by atoms with Crippen LogP contribution < -0.4 is 20.3 Å². The highest BCUT2D eigenvalue weighted by Gasteiger charge is 2.24. The standard InChI is InChI=1S/C25H34N4O4/c1-18-7-12-22(32-5)21(17-18)27-23(30)26-19-8-10-20(11-9-19)28-13-6-14-29(16-15-28)24(31)33-25(2,3)4/h7-12,17H,6,13-16H2,1-5H3,(H2,26,27,30). The largest absolute Gasteiger partial charge is 0.495 e. The molecule has 1 fully saturated rings. The molecular weight excluding hydrogens is 420 g/mol. The number of amides is 3. The number of carbonyl (C=O) groups is 2. The molecule has 0 spiro atoms. The van der Waals surface area contributed by atoms with Crippen molar-refractivity contribution in [2.75, 3.05) is 48.8 Å². The molecule has 0 aliphatic carbocycles. The lowest BCUT2D eigenvalue weighted by atomic mass is 10.2. The molecule has 2 N–H and O–H groups in total. The highest BCUT2D eigenvalue weighted by molar-refractivity contribution is 6.00. The maximum Gasteiger partial charge on any atom is 0.410 e. The van der Waals surface area contributed by atoms with Crippen molar-refractivity contribution in [1.29, 1.82) is 0 Å². The second-order valence-electron chi connectivity index (χ2n) is 9.14. The summed E-state index contributed by atoms with van der Waals surface area (Å²) in [5.74, 6) is 0.604. The van der Waals surface area contributed by atoms with Gasteiger partial charge < -0.3 is 29.9 Å². The third-order valence-electron chi connectivity index (χ3n) is 5.24. The highest BCUT2D eigenvalue weighted by Crippen LogP contribution is 2.26. The average molecular weight is 455 g/mol. The summed E-state index contributed by atoms with van der Waals surface area (Å²) >= 11 is 0. The van der Waals surface area contributed by atoms with E-state index in [1.54, 1.807) is 12.0 Å². The molecule has 1 saturated heterocycles. The molecule has 8 heteroatoms. The number of aryl methyl sites for hydroxylation is 1. The van der Waals surface area contributed by atoms with Crippen LogP contribution in [0.2, 0.25) is 0 Å². The maximum atomic E-state index is 12.5. The van der Waals surface area contributed by atoms with E-state index in [1.165, 1.54) is 0 Å². The Morgan fingerprint density at radius 1 is 0.939 bits per heavy atom. The van der Waals surface area contributed by atoms with Crippen molar-refractivity contribution in [2.45, 2.75) is 39.7 Å². The first-order chi connectivity index (χ1) is 15.6. The molecule has 0 atom stereocenters. The van der Waals surface area contributed by atoms with Crippen LogP contribution in [-0.2, 0) is 4.74 Å². The van der Waals surface area contributed by atoms with Gasteiger partial charge in [-0.25, -0.2) is 9.59 Å². The van der Waals surface area contributed by atoms with Gasteiger partial charge in [-0.2, -0.15) is 0 Å². The molecule has 0 bridgehead atoms. The molecule has 0 saturated carbocycles. The Labute approximate surface area is 195 Å². The third kappa shape index (κ3) is 7.03. The third-order valence-corrected chi connectivity index (χ3v) is 5.24. The fourth-order valence-electron chi connectivity index (χ4n) is 3.64. The molecule has 1 aliphatic heterocycles. The topological polar surface area (TPSA) is 83.1 Å². The van der Waals surface area contributed by atoms with Gasteiger partial charge in [0.15, 0.2) is 0 Å². The molecule has 3 rings (SSSR count). The van der Waals surface area contributed by atoms with Gasteiger partial charge in [0.1, 0.15) is 11.4 Å². The van der Waals surface area contributed by atoms with Crippen molar-refractivity contribution in [3.8, 4) is 5.75 Å². The monoisotopic (exact) mass is 454 g/mol. The van der Waals surface area contributed by atoms with Crippen molar-refractivity contribution >= 4 is 29.2 Å². The zero-order valence-electron chi connectivity index (χ0n) is 20.1. The van der Waals surface area contributed by atoms with Crippen LogP contribution in [0.3, 0.4) is 0 Å². The van der Waals surface area contributed by atoms with E-state index in [0.717, 1.165) is 30.8 Å². The molecule has 2 aromatic rings. The number of nitrogens with one attached hydrogen (secondary N) is 2. The molecule has 0 unspecified atom stereocenters. The van der Waals surface area contributed by atoms with Gasteiger partial charge in [0.2, 0.25) is 0 Å². The Bertz CT molecular complexity index is 969. The summed E-state index contributed by atoms with van der Waals surface area (Å²) in [7, 11) is 1.57. The van der Waals surface area contributed by atoms with Crippen LogP contribution in [0, 0.1) is 6.92 Å². The van der Waals surface area contributed by atoms with E-state index in [1.807, 2.05) is 70.2 Å². The minimum atomic E-state index is -0.497. The van der Waals surface area contributed by atoms with E-state index in [-0.39, 0.29) is 12.1 Å². The minimum absolute atomic E-state index is 0.264. The molecule has 0 aromatic heterocycles. The normalized spacial score (nSPS) is 14.3. The number of rotatable bonds is 4. The van der Waals surface area contributed by atoms with Gasteiger partial charge in [-0.1, -0.05) is 6.07 Å². The van der Waals surface area contributed by atoms with Crippen molar-refractivity contribution < 1.29 is 19.1 Å². The van der Waals surface area contributed by atoms with E-state index in [2.05, 4.69) is 15.5 Å². The number of benzene rings is 2. The summed E-state index contributed by atoms with van der Waals surface area (Å²) in [5, 5.41) is 5.69. The molecular formula is C25H34N4O4. The molecule has 8 nitrogen and oxygen atoms in total. The number of methoxy groups -OCH3 is 1. The Kier molecular flexibility index (Phi) is 7.68. The van der Waals surface area contributed by atoms with Gasteiger partial charge in [0, 0.05) is 37.6 Å². The smallest absolute Gasteiger partial charge is 0.410 e. The fraction of sp³-hybridized carbons (Fsp3) is 0.440. The summed E-state index contributed by atoms with van der Waals surface area (Å²) in [5.41, 5.74) is 2.88.